The summed E-state index contributed by atoms with van der Waals surface area (Å²) in [6, 6.07) is 13.5. The average Bonchev–Trinajstić information content (AvgIpc) is 2.63. The maximum atomic E-state index is 13.7. The van der Waals surface area contributed by atoms with Crippen molar-refractivity contribution in [3.63, 3.8) is 0 Å². The number of nitrogens with zero attached hydrogens (tertiary/aromatic N) is 1. The Balaban J connectivity index is 1.70. The van der Waals surface area contributed by atoms with Crippen LogP contribution < -0.4 is 10.6 Å². The molecule has 0 spiro atoms. The number of hydrogen-bond donors (Lipinski definition) is 2. The molecule has 2 aromatic carbocycles. The van der Waals surface area contributed by atoms with Crippen LogP contribution in [0.1, 0.15) is 21.5 Å². The number of hydrogen-bond acceptors (Lipinski definition) is 3. The van der Waals surface area contributed by atoms with E-state index in [0.717, 1.165) is 5.56 Å². The summed E-state index contributed by atoms with van der Waals surface area (Å²) in [4.78, 5) is 16.5. The summed E-state index contributed by atoms with van der Waals surface area (Å²) in [7, 11) is 0. The summed E-state index contributed by atoms with van der Waals surface area (Å²) in [6.07, 6.45) is 3.07. The second kappa shape index (κ2) is 7.97. The molecule has 0 aliphatic carbocycles. The zero-order valence-corrected chi connectivity index (χ0v) is 14.8. The number of halogens is 2. The van der Waals surface area contributed by atoms with E-state index in [1.807, 2.05) is 6.92 Å². The number of rotatable bonds is 5. The summed E-state index contributed by atoms with van der Waals surface area (Å²) >= 11 is 5.93. The monoisotopic (exact) mass is 369 g/mol. The van der Waals surface area contributed by atoms with Gasteiger partial charge in [-0.3, -0.25) is 9.78 Å². The van der Waals surface area contributed by atoms with E-state index in [-0.39, 0.29) is 11.7 Å². The maximum Gasteiger partial charge on any atom is 0.257 e. The highest BCUT2D eigenvalue weighted by Gasteiger charge is 2.10. The quantitative estimate of drug-likeness (QED) is 0.662. The van der Waals surface area contributed by atoms with E-state index in [1.54, 1.807) is 48.7 Å². The lowest BCUT2D eigenvalue weighted by atomic mass is 10.1. The maximum absolute atomic E-state index is 13.7. The van der Waals surface area contributed by atoms with Crippen LogP contribution >= 0.6 is 11.6 Å². The number of benzene rings is 2. The minimum Gasteiger partial charge on any atom is -0.380 e. The van der Waals surface area contributed by atoms with Gasteiger partial charge < -0.3 is 10.6 Å². The Kier molecular flexibility index (Phi) is 5.49. The normalized spacial score (nSPS) is 10.4. The third kappa shape index (κ3) is 4.37. The Morgan fingerprint density at radius 2 is 1.96 bits per heavy atom. The lowest BCUT2D eigenvalue weighted by Gasteiger charge is -2.10. The fourth-order valence-corrected chi connectivity index (χ4v) is 2.69. The first-order chi connectivity index (χ1) is 12.5. The van der Waals surface area contributed by atoms with Gasteiger partial charge in [0.15, 0.2) is 0 Å². The van der Waals surface area contributed by atoms with Crippen LogP contribution in [0.2, 0.25) is 5.02 Å². The van der Waals surface area contributed by atoms with Crippen molar-refractivity contribution in [2.45, 2.75) is 13.5 Å². The van der Waals surface area contributed by atoms with Gasteiger partial charge in [0.1, 0.15) is 5.82 Å². The number of amides is 1. The highest BCUT2D eigenvalue weighted by molar-refractivity contribution is 6.30. The minimum absolute atomic E-state index is 0.278. The Bertz CT molecular complexity index is 946. The first kappa shape index (κ1) is 17.9. The molecule has 3 aromatic rings. The SMILES string of the molecule is Cc1cc(Cl)ccc1NC(=O)c1cncc(NCc2ccccc2F)c1. The van der Waals surface area contributed by atoms with Crippen LogP contribution in [-0.2, 0) is 6.54 Å². The Labute approximate surface area is 156 Å². The largest absolute Gasteiger partial charge is 0.380 e. The van der Waals surface area contributed by atoms with Crippen LogP contribution in [0.4, 0.5) is 15.8 Å². The summed E-state index contributed by atoms with van der Waals surface area (Å²) in [5, 5.41) is 6.53. The molecule has 0 fully saturated rings. The summed E-state index contributed by atoms with van der Waals surface area (Å²) in [5.74, 6) is -0.558. The van der Waals surface area contributed by atoms with Gasteiger partial charge in [0, 0.05) is 35.2 Å². The molecule has 0 unspecified atom stereocenters. The van der Waals surface area contributed by atoms with E-state index in [1.165, 1.54) is 12.3 Å². The van der Waals surface area contributed by atoms with Crippen molar-refractivity contribution >= 4 is 28.9 Å². The van der Waals surface area contributed by atoms with Gasteiger partial charge in [-0.15, -0.1) is 0 Å². The van der Waals surface area contributed by atoms with Crippen molar-refractivity contribution < 1.29 is 9.18 Å². The number of aromatic nitrogens is 1. The number of anilines is 2. The number of nitrogens with one attached hydrogen (secondary N) is 2. The smallest absolute Gasteiger partial charge is 0.257 e. The van der Waals surface area contributed by atoms with E-state index < -0.39 is 0 Å². The fourth-order valence-electron chi connectivity index (χ4n) is 2.46. The van der Waals surface area contributed by atoms with E-state index in [0.29, 0.717) is 34.1 Å². The van der Waals surface area contributed by atoms with Crippen LogP contribution in [0.15, 0.2) is 60.9 Å². The van der Waals surface area contributed by atoms with Gasteiger partial charge in [0.2, 0.25) is 0 Å². The minimum atomic E-state index is -0.280. The van der Waals surface area contributed by atoms with E-state index >= 15 is 0 Å². The standard InChI is InChI=1S/C20H17ClFN3O/c1-13-8-16(21)6-7-19(13)25-20(26)15-9-17(12-23-10-15)24-11-14-4-2-3-5-18(14)22/h2-10,12,24H,11H2,1H3,(H,25,26). The predicted molar refractivity (Wildman–Crippen MR) is 102 cm³/mol. The Morgan fingerprint density at radius 3 is 2.73 bits per heavy atom. The average molecular weight is 370 g/mol. The van der Waals surface area contributed by atoms with Crippen LogP contribution in [0.25, 0.3) is 0 Å². The third-order valence-electron chi connectivity index (χ3n) is 3.88. The molecule has 3 rings (SSSR count). The van der Waals surface area contributed by atoms with Gasteiger partial charge in [0.25, 0.3) is 5.91 Å². The van der Waals surface area contributed by atoms with Crippen molar-refractivity contribution in [1.82, 2.24) is 4.98 Å². The van der Waals surface area contributed by atoms with Crippen LogP contribution in [-0.4, -0.2) is 10.9 Å². The first-order valence-corrected chi connectivity index (χ1v) is 8.40. The lowest BCUT2D eigenvalue weighted by molar-refractivity contribution is 0.102. The van der Waals surface area contributed by atoms with Crippen molar-refractivity contribution in [2.24, 2.45) is 0 Å². The zero-order chi connectivity index (χ0) is 18.5. The second-order valence-corrected chi connectivity index (χ2v) is 6.26. The highest BCUT2D eigenvalue weighted by Crippen LogP contribution is 2.21. The molecule has 0 atom stereocenters. The van der Waals surface area contributed by atoms with Crippen LogP contribution in [0, 0.1) is 12.7 Å². The molecular weight excluding hydrogens is 353 g/mol. The molecular formula is C20H17ClFN3O. The summed E-state index contributed by atoms with van der Waals surface area (Å²) in [6.45, 7) is 2.17. The second-order valence-electron chi connectivity index (χ2n) is 5.82. The number of pyridine rings is 1. The van der Waals surface area contributed by atoms with Crippen LogP contribution in [0.5, 0.6) is 0 Å². The first-order valence-electron chi connectivity index (χ1n) is 8.03. The molecule has 6 heteroatoms. The van der Waals surface area contributed by atoms with Crippen molar-refractivity contribution in [3.05, 3.63) is 88.5 Å². The molecule has 0 aliphatic heterocycles. The van der Waals surface area contributed by atoms with Crippen LogP contribution in [0.3, 0.4) is 0 Å². The molecule has 132 valence electrons. The predicted octanol–water partition coefficient (Wildman–Crippen LogP) is 5.05. The topological polar surface area (TPSA) is 54.0 Å². The zero-order valence-electron chi connectivity index (χ0n) is 14.1. The molecule has 2 N–H and O–H groups in total. The molecule has 0 aliphatic rings. The summed E-state index contributed by atoms with van der Waals surface area (Å²) in [5.41, 5.74) is 3.13. The molecule has 0 saturated heterocycles. The van der Waals surface area contributed by atoms with Gasteiger partial charge in [0.05, 0.1) is 11.3 Å². The molecule has 0 saturated carbocycles. The molecule has 4 nitrogen and oxygen atoms in total. The van der Waals surface area contributed by atoms with Gasteiger partial charge in [-0.05, 0) is 42.8 Å². The Morgan fingerprint density at radius 1 is 1.15 bits per heavy atom. The van der Waals surface area contributed by atoms with E-state index in [2.05, 4.69) is 15.6 Å². The molecule has 26 heavy (non-hydrogen) atoms. The molecule has 1 heterocycles. The fraction of sp³-hybridized carbons (Fsp3) is 0.100. The lowest BCUT2D eigenvalue weighted by Crippen LogP contribution is -2.13. The number of aryl methyl sites for hydroxylation is 1. The van der Waals surface area contributed by atoms with Crippen molar-refractivity contribution in [2.75, 3.05) is 10.6 Å². The summed E-state index contributed by atoms with van der Waals surface area (Å²) < 4.78 is 13.7. The molecule has 0 bridgehead atoms. The third-order valence-corrected chi connectivity index (χ3v) is 4.11. The van der Waals surface area contributed by atoms with Gasteiger partial charge in [-0.2, -0.15) is 0 Å². The molecule has 0 radical (unpaired) electrons. The van der Waals surface area contributed by atoms with E-state index in [4.69, 9.17) is 11.6 Å². The van der Waals surface area contributed by atoms with Gasteiger partial charge in [-0.25, -0.2) is 4.39 Å². The molecule has 1 amide bonds. The molecule has 1 aromatic heterocycles. The van der Waals surface area contributed by atoms with Crippen molar-refractivity contribution in [1.29, 1.82) is 0 Å². The van der Waals surface area contributed by atoms with Gasteiger partial charge >= 0.3 is 0 Å². The van der Waals surface area contributed by atoms with E-state index in [9.17, 15) is 9.18 Å². The Hall–Kier alpha value is -2.92. The van der Waals surface area contributed by atoms with Crippen molar-refractivity contribution in [3.8, 4) is 0 Å². The highest BCUT2D eigenvalue weighted by atomic mass is 35.5. The number of carbonyl (C=O) groups excluding carboxylic acids is 1. The van der Waals surface area contributed by atoms with Gasteiger partial charge in [-0.1, -0.05) is 29.8 Å². The number of carbonyl (C=O) groups is 1.